The topological polar surface area (TPSA) is 4.44 Å². The normalized spacial score (nSPS) is 11.6. The molecule has 0 aromatic heterocycles. The van der Waals surface area contributed by atoms with Crippen molar-refractivity contribution in [1.29, 1.82) is 0 Å². The molecule has 0 bridgehead atoms. The van der Waals surface area contributed by atoms with E-state index < -0.39 is 120 Å². The molecule has 0 heterocycles. The summed E-state index contributed by atoms with van der Waals surface area (Å²) in [5.41, 5.74) is -10.5. The van der Waals surface area contributed by atoms with E-state index >= 15 is 35.1 Å². The van der Waals surface area contributed by atoms with Crippen LogP contribution in [-0.2, 0) is 6.54 Å². The summed E-state index contributed by atoms with van der Waals surface area (Å²) in [6.07, 6.45) is -5.22. The average molecular weight is 727 g/mol. The number of benzene rings is 5. The standard InChI is InChI=1S/C28H16BF12.C9H13N/c1-9-13(30)5-17(34)21(25(9)38)29(22-18(35)6-14(31)10(2)26(22)39,23-19(36)7-15(32)11(3)27(23)40)24-20(37)8-16(33)12(4)28(24)41;1-10(2)8-9-6-4-3-5-7-9/h5-8H,1-4H3;3-7H,8H2,1-2H3/q-1;/p+1. The number of hydrogen-bond donors (Lipinski definition) is 1. The van der Waals surface area contributed by atoms with Gasteiger partial charge in [0.15, 0.2) is 0 Å². The van der Waals surface area contributed by atoms with Gasteiger partial charge in [-0.2, -0.15) is 0 Å². The minimum absolute atomic E-state index is 0.0746. The van der Waals surface area contributed by atoms with E-state index in [1.54, 1.807) is 0 Å². The Morgan fingerprint density at radius 3 is 0.902 bits per heavy atom. The van der Waals surface area contributed by atoms with Crippen LogP contribution in [0.2, 0.25) is 0 Å². The third-order valence-electron chi connectivity index (χ3n) is 8.87. The molecule has 0 atom stereocenters. The number of nitrogens with one attached hydrogen (secondary N) is 1. The molecule has 0 radical (unpaired) electrons. The fourth-order valence-electron chi connectivity index (χ4n) is 6.29. The molecule has 1 nitrogen and oxygen atoms in total. The lowest BCUT2D eigenvalue weighted by Gasteiger charge is -2.45. The Labute approximate surface area is 286 Å². The van der Waals surface area contributed by atoms with E-state index in [1.165, 1.54) is 10.5 Å². The Morgan fingerprint density at radius 2 is 0.667 bits per heavy atom. The minimum Gasteiger partial charge on any atom is -0.336 e. The van der Waals surface area contributed by atoms with Gasteiger partial charge in [-0.1, -0.05) is 30.3 Å². The number of hydrogen-bond acceptors (Lipinski definition) is 0. The highest BCUT2D eigenvalue weighted by Crippen LogP contribution is 2.28. The Balaban J connectivity index is 0.000000502. The van der Waals surface area contributed by atoms with Crippen molar-refractivity contribution in [2.24, 2.45) is 0 Å². The molecule has 0 aliphatic carbocycles. The average Bonchev–Trinajstić information content (AvgIpc) is 3.04. The molecule has 0 saturated carbocycles. The molecule has 0 fully saturated rings. The molecule has 0 saturated heterocycles. The monoisotopic (exact) mass is 727 g/mol. The molecular weight excluding hydrogens is 697 g/mol. The number of halogens is 12. The van der Waals surface area contributed by atoms with Crippen LogP contribution in [0.5, 0.6) is 0 Å². The van der Waals surface area contributed by atoms with E-state index in [2.05, 4.69) is 44.4 Å². The number of quaternary nitrogens is 1. The van der Waals surface area contributed by atoms with Gasteiger partial charge in [-0.05, 0) is 27.7 Å². The molecule has 5 aromatic carbocycles. The van der Waals surface area contributed by atoms with Crippen molar-refractivity contribution in [3.05, 3.63) is 152 Å². The Bertz CT molecular complexity index is 1870. The van der Waals surface area contributed by atoms with Gasteiger partial charge in [0.1, 0.15) is 36.0 Å². The molecule has 0 aliphatic rings. The van der Waals surface area contributed by atoms with Crippen molar-refractivity contribution in [3.8, 4) is 0 Å². The van der Waals surface area contributed by atoms with Gasteiger partial charge in [0.05, 0.1) is 60.6 Å². The Morgan fingerprint density at radius 1 is 0.412 bits per heavy atom. The highest BCUT2D eigenvalue weighted by molar-refractivity contribution is 7.20. The second-order valence-corrected chi connectivity index (χ2v) is 12.5. The third kappa shape index (κ3) is 6.85. The quantitative estimate of drug-likeness (QED) is 0.155. The van der Waals surface area contributed by atoms with Crippen molar-refractivity contribution in [1.82, 2.24) is 0 Å². The fraction of sp³-hybridized carbons (Fsp3) is 0.189. The van der Waals surface area contributed by atoms with E-state index in [0.717, 1.165) is 6.54 Å². The van der Waals surface area contributed by atoms with Gasteiger partial charge in [-0.15, -0.1) is 21.9 Å². The number of rotatable bonds is 6. The van der Waals surface area contributed by atoms with Crippen molar-refractivity contribution in [2.75, 3.05) is 14.1 Å². The van der Waals surface area contributed by atoms with Crippen LogP contribution in [0.1, 0.15) is 27.8 Å². The van der Waals surface area contributed by atoms with Gasteiger partial charge >= 0.3 is 0 Å². The van der Waals surface area contributed by atoms with Crippen LogP contribution in [0.3, 0.4) is 0 Å². The lowest BCUT2D eigenvalue weighted by atomic mass is 9.12. The van der Waals surface area contributed by atoms with E-state index in [-0.39, 0.29) is 24.3 Å². The van der Waals surface area contributed by atoms with E-state index in [0.29, 0.717) is 27.7 Å². The highest BCUT2D eigenvalue weighted by Gasteiger charge is 2.48. The maximum atomic E-state index is 16.0. The molecule has 51 heavy (non-hydrogen) atoms. The highest BCUT2D eigenvalue weighted by atomic mass is 19.2. The summed E-state index contributed by atoms with van der Waals surface area (Å²) in [6.45, 7) is 3.79. The van der Waals surface area contributed by atoms with Crippen LogP contribution in [0.25, 0.3) is 0 Å². The predicted molar refractivity (Wildman–Crippen MR) is 171 cm³/mol. The lowest BCUT2D eigenvalue weighted by Crippen LogP contribution is -3.04. The molecule has 0 amide bonds. The van der Waals surface area contributed by atoms with Crippen LogP contribution in [0.4, 0.5) is 52.7 Å². The molecule has 0 aliphatic heterocycles. The second kappa shape index (κ2) is 14.9. The van der Waals surface area contributed by atoms with Crippen molar-refractivity contribution < 1.29 is 57.6 Å². The summed E-state index contributed by atoms with van der Waals surface area (Å²) in [4.78, 5) is 1.46. The van der Waals surface area contributed by atoms with Crippen molar-refractivity contribution in [3.63, 3.8) is 0 Å². The maximum Gasteiger partial charge on any atom is 0.136 e. The van der Waals surface area contributed by atoms with E-state index in [1.807, 2.05) is 0 Å². The summed E-state index contributed by atoms with van der Waals surface area (Å²) in [7, 11) is 4.32. The first kappa shape index (κ1) is 39.1. The van der Waals surface area contributed by atoms with Crippen LogP contribution in [0.15, 0.2) is 54.6 Å². The van der Waals surface area contributed by atoms with E-state index in [9.17, 15) is 17.6 Å². The molecule has 5 aromatic rings. The molecule has 0 spiro atoms. The summed E-state index contributed by atoms with van der Waals surface area (Å²) in [6, 6.07) is 10.2. The van der Waals surface area contributed by atoms with Crippen LogP contribution >= 0.6 is 0 Å². The molecule has 270 valence electrons. The summed E-state index contributed by atoms with van der Waals surface area (Å²) in [5.74, 6) is -23.4. The van der Waals surface area contributed by atoms with Gasteiger partial charge in [0.2, 0.25) is 0 Å². The summed E-state index contributed by atoms with van der Waals surface area (Å²) in [5, 5.41) is 0. The summed E-state index contributed by atoms with van der Waals surface area (Å²) < 4.78 is 184. The van der Waals surface area contributed by atoms with Crippen molar-refractivity contribution in [2.45, 2.75) is 34.2 Å². The minimum atomic E-state index is -5.22. The maximum absolute atomic E-state index is 16.0. The predicted octanol–water partition coefficient (Wildman–Crippen LogP) is 6.30. The molecule has 14 heteroatoms. The SMILES string of the molecule is C[NH+](C)Cc1ccccc1.Cc1c(F)cc(F)c([B-](c2c(F)cc(F)c(C)c2F)(c2c(F)cc(F)c(C)c2F)c2c(F)cc(F)c(C)c2F)c1F. The first-order valence-electron chi connectivity index (χ1n) is 15.3. The van der Waals surface area contributed by atoms with E-state index in [4.69, 9.17) is 0 Å². The zero-order valence-corrected chi connectivity index (χ0v) is 28.0. The Hall–Kier alpha value is -4.72. The first-order valence-corrected chi connectivity index (χ1v) is 15.3. The first-order chi connectivity index (χ1) is 23.8. The van der Waals surface area contributed by atoms with Gasteiger partial charge in [-0.25, -0.2) is 52.7 Å². The van der Waals surface area contributed by atoms with Gasteiger partial charge in [-0.3, -0.25) is 0 Å². The van der Waals surface area contributed by atoms with Crippen molar-refractivity contribution >= 4 is 28.0 Å². The molecule has 5 rings (SSSR count). The zero-order valence-electron chi connectivity index (χ0n) is 28.0. The largest absolute Gasteiger partial charge is 0.336 e. The second-order valence-electron chi connectivity index (χ2n) is 12.5. The third-order valence-corrected chi connectivity index (χ3v) is 8.87. The van der Waals surface area contributed by atoms with Crippen LogP contribution < -0.4 is 26.8 Å². The van der Waals surface area contributed by atoms with Crippen LogP contribution in [0, 0.1) is 97.5 Å². The lowest BCUT2D eigenvalue weighted by molar-refractivity contribution is -0.872. The Kier molecular flexibility index (Phi) is 11.4. The van der Waals surface area contributed by atoms with Gasteiger partial charge in [0, 0.05) is 52.1 Å². The van der Waals surface area contributed by atoms with Gasteiger partial charge in [0.25, 0.3) is 0 Å². The summed E-state index contributed by atoms with van der Waals surface area (Å²) >= 11 is 0. The smallest absolute Gasteiger partial charge is 0.136 e. The molecular formula is C37H30BF12N. The van der Waals surface area contributed by atoms with Crippen LogP contribution in [-0.4, -0.2) is 20.2 Å². The molecule has 0 unspecified atom stereocenters. The van der Waals surface area contributed by atoms with Gasteiger partial charge < -0.3 is 4.90 Å². The fourth-order valence-corrected chi connectivity index (χ4v) is 6.29. The molecule has 1 N–H and O–H groups in total. The zero-order chi connectivity index (χ0) is 38.3.